The maximum atomic E-state index is 14.2. The molecule has 31 heavy (non-hydrogen) atoms. The molecule has 1 saturated carbocycles. The van der Waals surface area contributed by atoms with Gasteiger partial charge in [0.25, 0.3) is 0 Å². The van der Waals surface area contributed by atoms with E-state index in [1.807, 2.05) is 4.90 Å². The third-order valence-electron chi connectivity index (χ3n) is 5.19. The molecule has 2 heterocycles. The topological polar surface area (TPSA) is 62.7 Å². The summed E-state index contributed by atoms with van der Waals surface area (Å²) in [7, 11) is -5.02. The van der Waals surface area contributed by atoms with Gasteiger partial charge in [0.05, 0.1) is 37.3 Å². The third-order valence-corrected chi connectivity index (χ3v) is 7.11. The zero-order valence-electron chi connectivity index (χ0n) is 16.1. The zero-order chi connectivity index (χ0) is 22.3. The molecule has 0 radical (unpaired) electrons. The highest BCUT2D eigenvalue weighted by Gasteiger charge is 2.43. The van der Waals surface area contributed by atoms with E-state index >= 15 is 0 Å². The summed E-state index contributed by atoms with van der Waals surface area (Å²) >= 11 is 0. The Bertz CT molecular complexity index is 1060. The number of nitrogens with zero attached hydrogens (tertiary/aromatic N) is 3. The minimum atomic E-state index is -5.02. The zero-order valence-corrected chi connectivity index (χ0v) is 16.9. The summed E-state index contributed by atoms with van der Waals surface area (Å²) in [6, 6.07) is 2.68. The van der Waals surface area contributed by atoms with Crippen LogP contribution >= 0.6 is 0 Å². The van der Waals surface area contributed by atoms with Crippen molar-refractivity contribution in [3.8, 4) is 0 Å². The smallest absolute Gasteiger partial charge is 0.249 e. The van der Waals surface area contributed by atoms with Gasteiger partial charge in [-0.1, -0.05) is 0 Å². The highest BCUT2D eigenvalue weighted by atomic mass is 32.2. The first-order valence-electron chi connectivity index (χ1n) is 9.52. The Hall–Kier alpha value is -2.31. The number of aromatic nitrogens is 1. The van der Waals surface area contributed by atoms with Crippen LogP contribution in [0.1, 0.15) is 18.5 Å². The van der Waals surface area contributed by atoms with Gasteiger partial charge in [0, 0.05) is 19.1 Å². The van der Waals surface area contributed by atoms with Crippen molar-refractivity contribution in [3.05, 3.63) is 53.1 Å². The van der Waals surface area contributed by atoms with E-state index in [0.29, 0.717) is 39.1 Å². The summed E-state index contributed by atoms with van der Waals surface area (Å²) < 4.78 is 101. The third kappa shape index (κ3) is 4.11. The maximum Gasteiger partial charge on any atom is 0.249 e. The van der Waals surface area contributed by atoms with E-state index in [-0.39, 0.29) is 12.2 Å². The van der Waals surface area contributed by atoms with Crippen LogP contribution in [0.25, 0.3) is 0 Å². The number of hydrogen-bond donors (Lipinski definition) is 0. The molecule has 1 aromatic heterocycles. The van der Waals surface area contributed by atoms with Crippen LogP contribution in [0.15, 0.2) is 23.2 Å². The molecule has 0 spiro atoms. The molecule has 0 unspecified atom stereocenters. The lowest BCUT2D eigenvalue weighted by atomic mass is 10.3. The molecule has 2 fully saturated rings. The Labute approximate surface area is 175 Å². The van der Waals surface area contributed by atoms with Crippen molar-refractivity contribution in [1.82, 2.24) is 9.29 Å². The Morgan fingerprint density at radius 1 is 0.968 bits per heavy atom. The molecule has 1 saturated heterocycles. The Morgan fingerprint density at radius 2 is 1.55 bits per heavy atom. The van der Waals surface area contributed by atoms with E-state index in [9.17, 15) is 30.4 Å². The van der Waals surface area contributed by atoms with E-state index < -0.39 is 50.0 Å². The number of sulfonamides is 1. The van der Waals surface area contributed by atoms with Gasteiger partial charge in [-0.25, -0.2) is 30.4 Å². The van der Waals surface area contributed by atoms with Crippen molar-refractivity contribution in [2.24, 2.45) is 0 Å². The number of morpholine rings is 1. The Balaban J connectivity index is 1.64. The largest absolute Gasteiger partial charge is 0.378 e. The standard InChI is InChI=1S/C19H18F5N3O3S/c20-14-15(21)17(23)19(18(24)16(14)22)31(28,29)27(12-3-4-12)10-11-1-2-13(9-25-11)26-5-7-30-8-6-26/h1-2,9,12H,3-8,10H2. The summed E-state index contributed by atoms with van der Waals surface area (Å²) in [6.07, 6.45) is 2.34. The van der Waals surface area contributed by atoms with Crippen LogP contribution in [0.5, 0.6) is 0 Å². The van der Waals surface area contributed by atoms with Gasteiger partial charge in [-0.05, 0) is 25.0 Å². The molecular weight excluding hydrogens is 445 g/mol. The quantitative estimate of drug-likeness (QED) is 0.375. The van der Waals surface area contributed by atoms with Crippen molar-refractivity contribution < 1.29 is 35.1 Å². The SMILES string of the molecule is O=S(=O)(c1c(F)c(F)c(F)c(F)c1F)N(Cc1ccc(N2CCOCC2)cn1)C1CC1. The molecular formula is C19H18F5N3O3S. The lowest BCUT2D eigenvalue weighted by Crippen LogP contribution is -2.36. The van der Waals surface area contributed by atoms with Crippen molar-refractivity contribution >= 4 is 15.7 Å². The number of benzene rings is 1. The molecule has 4 rings (SSSR count). The molecule has 0 amide bonds. The lowest BCUT2D eigenvalue weighted by Gasteiger charge is -2.28. The average Bonchev–Trinajstić information content (AvgIpc) is 3.60. The molecule has 1 aromatic carbocycles. The summed E-state index contributed by atoms with van der Waals surface area (Å²) in [6.45, 7) is 2.11. The highest BCUT2D eigenvalue weighted by Crippen LogP contribution is 2.36. The van der Waals surface area contributed by atoms with E-state index in [1.54, 1.807) is 12.1 Å². The number of anilines is 1. The normalized spacial score (nSPS) is 17.4. The molecule has 0 N–H and O–H groups in total. The highest BCUT2D eigenvalue weighted by molar-refractivity contribution is 7.89. The number of hydrogen-bond acceptors (Lipinski definition) is 5. The van der Waals surface area contributed by atoms with E-state index in [0.717, 1.165) is 9.99 Å². The van der Waals surface area contributed by atoms with Crippen molar-refractivity contribution in [2.75, 3.05) is 31.2 Å². The van der Waals surface area contributed by atoms with Crippen LogP contribution in [0.2, 0.25) is 0 Å². The van der Waals surface area contributed by atoms with Gasteiger partial charge in [-0.3, -0.25) is 4.98 Å². The number of halogens is 5. The molecule has 0 atom stereocenters. The fraction of sp³-hybridized carbons (Fsp3) is 0.421. The van der Waals surface area contributed by atoms with Gasteiger partial charge in [-0.2, -0.15) is 4.31 Å². The molecule has 168 valence electrons. The van der Waals surface area contributed by atoms with E-state index in [4.69, 9.17) is 4.74 Å². The monoisotopic (exact) mass is 463 g/mol. The summed E-state index contributed by atoms with van der Waals surface area (Å²) in [5.41, 5.74) is 1.07. The van der Waals surface area contributed by atoms with Crippen molar-refractivity contribution in [2.45, 2.75) is 30.3 Å². The van der Waals surface area contributed by atoms with Gasteiger partial charge >= 0.3 is 0 Å². The second-order valence-electron chi connectivity index (χ2n) is 7.29. The summed E-state index contributed by atoms with van der Waals surface area (Å²) in [5.74, 6) is -11.8. The predicted octanol–water partition coefficient (Wildman–Crippen LogP) is 2.97. The molecule has 1 aliphatic carbocycles. The lowest BCUT2D eigenvalue weighted by molar-refractivity contribution is 0.122. The molecule has 0 bridgehead atoms. The van der Waals surface area contributed by atoms with Crippen LogP contribution in [0, 0.1) is 29.1 Å². The minimum Gasteiger partial charge on any atom is -0.378 e. The predicted molar refractivity (Wildman–Crippen MR) is 99.3 cm³/mol. The molecule has 12 heteroatoms. The number of pyridine rings is 1. The second kappa shape index (κ2) is 8.32. The fourth-order valence-corrected chi connectivity index (χ4v) is 5.15. The van der Waals surface area contributed by atoms with Crippen LogP contribution in [-0.2, 0) is 21.3 Å². The van der Waals surface area contributed by atoms with Gasteiger partial charge in [0.15, 0.2) is 28.2 Å². The van der Waals surface area contributed by atoms with Gasteiger partial charge in [-0.15, -0.1) is 0 Å². The van der Waals surface area contributed by atoms with Crippen LogP contribution in [-0.4, -0.2) is 50.1 Å². The fourth-order valence-electron chi connectivity index (χ4n) is 3.38. The molecule has 2 aliphatic rings. The first-order valence-corrected chi connectivity index (χ1v) is 11.0. The maximum absolute atomic E-state index is 14.2. The van der Waals surface area contributed by atoms with Crippen molar-refractivity contribution in [3.63, 3.8) is 0 Å². The molecule has 1 aliphatic heterocycles. The second-order valence-corrected chi connectivity index (χ2v) is 9.12. The Morgan fingerprint density at radius 3 is 2.06 bits per heavy atom. The van der Waals surface area contributed by atoms with Gasteiger partial charge < -0.3 is 9.64 Å². The Kier molecular flexibility index (Phi) is 5.88. The first kappa shape index (κ1) is 21.9. The van der Waals surface area contributed by atoms with Crippen LogP contribution in [0.3, 0.4) is 0 Å². The van der Waals surface area contributed by atoms with E-state index in [1.165, 1.54) is 6.20 Å². The minimum absolute atomic E-state index is 0.274. The van der Waals surface area contributed by atoms with Gasteiger partial charge in [0.2, 0.25) is 15.8 Å². The van der Waals surface area contributed by atoms with Gasteiger partial charge in [0.1, 0.15) is 0 Å². The molecule has 2 aromatic rings. The van der Waals surface area contributed by atoms with Crippen molar-refractivity contribution in [1.29, 1.82) is 0 Å². The first-order chi connectivity index (χ1) is 14.7. The van der Waals surface area contributed by atoms with E-state index in [2.05, 4.69) is 4.98 Å². The molecule has 6 nitrogen and oxygen atoms in total. The average molecular weight is 463 g/mol. The number of ether oxygens (including phenoxy) is 1. The summed E-state index contributed by atoms with van der Waals surface area (Å²) in [5, 5.41) is 0. The summed E-state index contributed by atoms with van der Waals surface area (Å²) in [4.78, 5) is 4.41. The van der Waals surface area contributed by atoms with Crippen LogP contribution < -0.4 is 4.90 Å². The number of rotatable bonds is 6. The van der Waals surface area contributed by atoms with Crippen LogP contribution in [0.4, 0.5) is 27.6 Å².